The Balaban J connectivity index is 1.12. The molecule has 3 heterocycles. The quantitative estimate of drug-likeness (QED) is 0.113. The van der Waals surface area contributed by atoms with Crippen molar-refractivity contribution in [1.82, 2.24) is 15.7 Å². The van der Waals surface area contributed by atoms with Gasteiger partial charge < -0.3 is 34.3 Å². The van der Waals surface area contributed by atoms with Crippen molar-refractivity contribution in [2.24, 2.45) is 0 Å². The highest BCUT2D eigenvalue weighted by molar-refractivity contribution is 5.76. The van der Waals surface area contributed by atoms with Crippen molar-refractivity contribution >= 4 is 11.8 Å². The van der Waals surface area contributed by atoms with Gasteiger partial charge in [-0.1, -0.05) is 60.7 Å². The van der Waals surface area contributed by atoms with Crippen molar-refractivity contribution < 1.29 is 38.9 Å². The van der Waals surface area contributed by atoms with Crippen LogP contribution < -0.4 is 10.8 Å². The van der Waals surface area contributed by atoms with E-state index >= 15 is 0 Å². The standard InChI is InChI=1S/C38H47N3O8/c42-26-27-11-13-29(14-12-27)34-23-33(25-41-17-15-38(16-18-41)46-19-20-47-38)48-37(49-34)32-8-4-7-31(22-32)30-6-3-5-28(21-30)24-39-35(43)9-1-2-10-36(44)40-45/h3-8,11-14,21-22,33-34,37,42,45H,1-2,9-10,15-20,23-26H2,(H,39,43)(H,40,44)/t33-,34+,37+/m0/s1. The molecule has 3 saturated heterocycles. The van der Waals surface area contributed by atoms with E-state index in [1.165, 1.54) is 0 Å². The van der Waals surface area contributed by atoms with Crippen molar-refractivity contribution in [1.29, 1.82) is 0 Å². The number of carbonyl (C=O) groups is 2. The van der Waals surface area contributed by atoms with E-state index in [0.717, 1.165) is 72.3 Å². The summed E-state index contributed by atoms with van der Waals surface area (Å²) in [6, 6.07) is 24.3. The van der Waals surface area contributed by atoms with Gasteiger partial charge >= 0.3 is 0 Å². The summed E-state index contributed by atoms with van der Waals surface area (Å²) in [7, 11) is 0. The Hall–Kier alpha value is -3.68. The van der Waals surface area contributed by atoms with Crippen LogP contribution in [0.1, 0.15) is 79.6 Å². The molecule has 3 atom stereocenters. The number of aliphatic hydroxyl groups is 1. The Labute approximate surface area is 287 Å². The van der Waals surface area contributed by atoms with Crippen molar-refractivity contribution in [2.75, 3.05) is 32.8 Å². The van der Waals surface area contributed by atoms with E-state index in [4.69, 9.17) is 24.2 Å². The first kappa shape index (κ1) is 35.2. The second-order valence-electron chi connectivity index (χ2n) is 13.1. The first-order chi connectivity index (χ1) is 23.9. The summed E-state index contributed by atoms with van der Waals surface area (Å²) in [4.78, 5) is 26.0. The minimum Gasteiger partial charge on any atom is -0.392 e. The molecule has 262 valence electrons. The molecule has 11 heteroatoms. The molecule has 6 rings (SSSR count). The minimum atomic E-state index is -0.565. The molecular formula is C38H47N3O8. The highest BCUT2D eigenvalue weighted by atomic mass is 16.7. The molecule has 3 fully saturated rings. The Morgan fingerprint density at radius 2 is 1.51 bits per heavy atom. The number of piperidine rings is 1. The summed E-state index contributed by atoms with van der Waals surface area (Å²) in [5.74, 6) is -0.947. The lowest BCUT2D eigenvalue weighted by atomic mass is 9.97. The second-order valence-corrected chi connectivity index (χ2v) is 13.1. The van der Waals surface area contributed by atoms with Crippen LogP contribution in [-0.2, 0) is 41.7 Å². The summed E-state index contributed by atoms with van der Waals surface area (Å²) >= 11 is 0. The highest BCUT2D eigenvalue weighted by Crippen LogP contribution is 2.40. The van der Waals surface area contributed by atoms with Crippen molar-refractivity contribution in [3.05, 3.63) is 95.1 Å². The first-order valence-electron chi connectivity index (χ1n) is 17.3. The number of hydroxylamine groups is 1. The zero-order valence-corrected chi connectivity index (χ0v) is 27.9. The summed E-state index contributed by atoms with van der Waals surface area (Å²) in [5.41, 5.74) is 7.47. The summed E-state index contributed by atoms with van der Waals surface area (Å²) in [6.45, 7) is 4.28. The molecule has 49 heavy (non-hydrogen) atoms. The molecule has 0 saturated carbocycles. The zero-order chi connectivity index (χ0) is 34.1. The Bertz CT molecular complexity index is 1530. The first-order valence-corrected chi connectivity index (χ1v) is 17.3. The van der Waals surface area contributed by atoms with Gasteiger partial charge in [0.1, 0.15) is 0 Å². The molecule has 2 amide bonds. The molecule has 0 aromatic heterocycles. The molecular weight excluding hydrogens is 626 g/mol. The maximum Gasteiger partial charge on any atom is 0.243 e. The molecule has 11 nitrogen and oxygen atoms in total. The SMILES string of the molecule is O=C(CCCCC(=O)NCc1cccc(-c2cccc([C@@H]3O[C@H](CN4CCC5(CC4)OCCO5)C[C@H](c4ccc(CO)cc4)O3)c2)c1)NO. The van der Waals surface area contributed by atoms with Gasteiger partial charge in [-0.2, -0.15) is 0 Å². The summed E-state index contributed by atoms with van der Waals surface area (Å²) in [5, 5.41) is 21.1. The van der Waals surface area contributed by atoms with Crippen molar-refractivity contribution in [2.45, 2.75) is 82.4 Å². The number of hydrogen-bond acceptors (Lipinski definition) is 9. The fourth-order valence-corrected chi connectivity index (χ4v) is 6.82. The number of aliphatic hydroxyl groups excluding tert-OH is 1. The van der Waals surface area contributed by atoms with Crippen LogP contribution >= 0.6 is 0 Å². The largest absolute Gasteiger partial charge is 0.392 e. The van der Waals surface area contributed by atoms with Gasteiger partial charge in [-0.05, 0) is 52.8 Å². The van der Waals surface area contributed by atoms with Gasteiger partial charge in [0.15, 0.2) is 12.1 Å². The van der Waals surface area contributed by atoms with Gasteiger partial charge in [0.05, 0.1) is 32.0 Å². The molecule has 0 aliphatic carbocycles. The van der Waals surface area contributed by atoms with Crippen LogP contribution in [0.3, 0.4) is 0 Å². The lowest BCUT2D eigenvalue weighted by Crippen LogP contribution is -2.48. The zero-order valence-electron chi connectivity index (χ0n) is 27.9. The van der Waals surface area contributed by atoms with Gasteiger partial charge in [0.25, 0.3) is 0 Å². The molecule has 1 spiro atoms. The number of rotatable bonds is 13. The van der Waals surface area contributed by atoms with Crippen LogP contribution in [0, 0.1) is 0 Å². The third-order valence-electron chi connectivity index (χ3n) is 9.60. The average molecular weight is 674 g/mol. The molecule has 3 aliphatic rings. The lowest BCUT2D eigenvalue weighted by molar-refractivity contribution is -0.255. The maximum atomic E-state index is 12.4. The third-order valence-corrected chi connectivity index (χ3v) is 9.60. The predicted molar refractivity (Wildman–Crippen MR) is 181 cm³/mol. The van der Waals surface area contributed by atoms with E-state index in [1.807, 2.05) is 48.5 Å². The summed E-state index contributed by atoms with van der Waals surface area (Å²) in [6.07, 6.45) is 3.22. The smallest absolute Gasteiger partial charge is 0.243 e. The number of carbonyl (C=O) groups excluding carboxylic acids is 2. The molecule has 3 aromatic carbocycles. The maximum absolute atomic E-state index is 12.4. The topological polar surface area (TPSA) is 139 Å². The van der Waals surface area contributed by atoms with Gasteiger partial charge in [0, 0.05) is 63.8 Å². The van der Waals surface area contributed by atoms with Crippen LogP contribution in [0.5, 0.6) is 0 Å². The highest BCUT2D eigenvalue weighted by Gasteiger charge is 2.41. The van der Waals surface area contributed by atoms with E-state index in [-0.39, 0.29) is 31.1 Å². The molecule has 0 unspecified atom stereocenters. The fraction of sp³-hybridized carbons (Fsp3) is 0.474. The lowest BCUT2D eigenvalue weighted by Gasteiger charge is -2.41. The molecule has 3 aromatic rings. The Kier molecular flexibility index (Phi) is 12.1. The van der Waals surface area contributed by atoms with Crippen molar-refractivity contribution in [3.8, 4) is 11.1 Å². The predicted octanol–water partition coefficient (Wildman–Crippen LogP) is 4.91. The van der Waals surface area contributed by atoms with Gasteiger partial charge in [-0.3, -0.25) is 14.8 Å². The average Bonchev–Trinajstić information content (AvgIpc) is 3.61. The minimum absolute atomic E-state index is 0.00218. The molecule has 4 N–H and O–H groups in total. The number of benzene rings is 3. The second kappa shape index (κ2) is 16.8. The van der Waals surface area contributed by atoms with Gasteiger partial charge in [0.2, 0.25) is 11.8 Å². The normalized spacial score (nSPS) is 22.2. The van der Waals surface area contributed by atoms with E-state index in [9.17, 15) is 14.7 Å². The number of amides is 2. The van der Waals surface area contributed by atoms with Crippen LogP contribution in [-0.4, -0.2) is 71.8 Å². The molecule has 0 bridgehead atoms. The fourth-order valence-electron chi connectivity index (χ4n) is 6.82. The number of ether oxygens (including phenoxy) is 4. The van der Waals surface area contributed by atoms with E-state index in [1.54, 1.807) is 5.48 Å². The molecule has 0 radical (unpaired) electrons. The van der Waals surface area contributed by atoms with E-state index in [2.05, 4.69) is 34.5 Å². The van der Waals surface area contributed by atoms with Crippen molar-refractivity contribution in [3.63, 3.8) is 0 Å². The number of unbranched alkanes of at least 4 members (excludes halogenated alkanes) is 1. The van der Waals surface area contributed by atoms with Gasteiger partial charge in [-0.15, -0.1) is 0 Å². The van der Waals surface area contributed by atoms with E-state index in [0.29, 0.717) is 39.0 Å². The van der Waals surface area contributed by atoms with E-state index < -0.39 is 18.0 Å². The van der Waals surface area contributed by atoms with Crippen LogP contribution in [0.25, 0.3) is 11.1 Å². The Morgan fingerprint density at radius 3 is 2.22 bits per heavy atom. The van der Waals surface area contributed by atoms with Crippen LogP contribution in [0.2, 0.25) is 0 Å². The number of nitrogens with one attached hydrogen (secondary N) is 2. The summed E-state index contributed by atoms with van der Waals surface area (Å²) < 4.78 is 25.2. The number of hydrogen-bond donors (Lipinski definition) is 4. The number of likely N-dealkylation sites (tertiary alicyclic amines) is 1. The monoisotopic (exact) mass is 673 g/mol. The van der Waals surface area contributed by atoms with Gasteiger partial charge in [-0.25, -0.2) is 5.48 Å². The molecule has 3 aliphatic heterocycles. The number of nitrogens with zero attached hydrogens (tertiary/aromatic N) is 1. The Morgan fingerprint density at radius 1 is 0.816 bits per heavy atom. The van der Waals surface area contributed by atoms with Crippen LogP contribution in [0.15, 0.2) is 72.8 Å². The third kappa shape index (κ3) is 9.52. The van der Waals surface area contributed by atoms with Crippen LogP contribution in [0.4, 0.5) is 0 Å².